The highest BCUT2D eigenvalue weighted by molar-refractivity contribution is 6.34. The molecule has 0 atom stereocenters. The van der Waals surface area contributed by atoms with Gasteiger partial charge < -0.3 is 15.0 Å². The molecule has 26 heavy (non-hydrogen) atoms. The molecule has 1 saturated heterocycles. The molecule has 2 aromatic rings. The molecule has 3 rings (SSSR count). The van der Waals surface area contributed by atoms with Gasteiger partial charge in [-0.15, -0.1) is 0 Å². The van der Waals surface area contributed by atoms with Crippen molar-refractivity contribution in [2.45, 2.75) is 32.6 Å². The molecule has 0 bridgehead atoms. The number of hydrogen-bond donors (Lipinski definition) is 1. The van der Waals surface area contributed by atoms with Crippen molar-refractivity contribution in [2.24, 2.45) is 0 Å². The van der Waals surface area contributed by atoms with Crippen molar-refractivity contribution < 1.29 is 9.53 Å². The van der Waals surface area contributed by atoms with E-state index in [1.54, 1.807) is 12.1 Å². The SMILES string of the molecule is CCCCOc1ccc(C(=O)Nc2cccc(Cl)c2N2CCCC2)cc1. The standard InChI is InChI=1S/C21H25ClN2O2/c1-2-3-15-26-17-11-9-16(10-12-17)21(25)23-19-8-6-7-18(22)20(19)24-13-4-5-14-24/h6-12H,2-5,13-15H2,1H3,(H,23,25). The first-order valence-corrected chi connectivity index (χ1v) is 9.64. The molecule has 0 aliphatic carbocycles. The molecule has 1 heterocycles. The van der Waals surface area contributed by atoms with Crippen LogP contribution in [0.2, 0.25) is 5.02 Å². The highest BCUT2D eigenvalue weighted by Crippen LogP contribution is 2.36. The van der Waals surface area contributed by atoms with Crippen molar-refractivity contribution in [3.8, 4) is 5.75 Å². The fourth-order valence-corrected chi connectivity index (χ4v) is 3.40. The average molecular weight is 373 g/mol. The third-order valence-corrected chi connectivity index (χ3v) is 4.85. The summed E-state index contributed by atoms with van der Waals surface area (Å²) in [4.78, 5) is 14.9. The number of para-hydroxylation sites is 1. The summed E-state index contributed by atoms with van der Waals surface area (Å²) in [6, 6.07) is 12.9. The highest BCUT2D eigenvalue weighted by atomic mass is 35.5. The van der Waals surface area contributed by atoms with Gasteiger partial charge in [-0.05, 0) is 55.7 Å². The fraction of sp³-hybridized carbons (Fsp3) is 0.381. The van der Waals surface area contributed by atoms with Crippen LogP contribution in [0.4, 0.5) is 11.4 Å². The van der Waals surface area contributed by atoms with Gasteiger partial charge in [0.1, 0.15) is 5.75 Å². The average Bonchev–Trinajstić information content (AvgIpc) is 3.17. The number of benzene rings is 2. The van der Waals surface area contributed by atoms with Crippen molar-refractivity contribution >= 4 is 28.9 Å². The number of ether oxygens (including phenoxy) is 1. The molecule has 0 aromatic heterocycles. The Bertz CT molecular complexity index is 740. The molecule has 5 heteroatoms. The second kappa shape index (κ2) is 8.95. The van der Waals surface area contributed by atoms with Gasteiger partial charge in [0.05, 0.1) is 23.0 Å². The Balaban J connectivity index is 1.71. The Morgan fingerprint density at radius 2 is 1.88 bits per heavy atom. The smallest absolute Gasteiger partial charge is 0.255 e. The van der Waals surface area contributed by atoms with E-state index in [2.05, 4.69) is 17.1 Å². The topological polar surface area (TPSA) is 41.6 Å². The lowest BCUT2D eigenvalue weighted by atomic mass is 10.2. The van der Waals surface area contributed by atoms with Gasteiger partial charge in [-0.3, -0.25) is 4.79 Å². The van der Waals surface area contributed by atoms with Crippen LogP contribution < -0.4 is 15.0 Å². The van der Waals surface area contributed by atoms with E-state index < -0.39 is 0 Å². The largest absolute Gasteiger partial charge is 0.494 e. The summed E-state index contributed by atoms with van der Waals surface area (Å²) in [6.45, 7) is 4.76. The number of halogens is 1. The van der Waals surface area contributed by atoms with Gasteiger partial charge in [-0.25, -0.2) is 0 Å². The molecular formula is C21H25ClN2O2. The van der Waals surface area contributed by atoms with Gasteiger partial charge in [-0.2, -0.15) is 0 Å². The molecule has 0 saturated carbocycles. The van der Waals surface area contributed by atoms with Gasteiger partial charge in [0.2, 0.25) is 0 Å². The Kier molecular flexibility index (Phi) is 6.40. The number of unbranched alkanes of at least 4 members (excludes halogenated alkanes) is 1. The maximum absolute atomic E-state index is 12.7. The van der Waals surface area contributed by atoms with Crippen LogP contribution in [-0.4, -0.2) is 25.6 Å². The monoisotopic (exact) mass is 372 g/mol. The van der Waals surface area contributed by atoms with Crippen LogP contribution in [0.5, 0.6) is 5.75 Å². The molecule has 138 valence electrons. The first-order chi connectivity index (χ1) is 12.7. The molecule has 2 aromatic carbocycles. The summed E-state index contributed by atoms with van der Waals surface area (Å²) in [5.41, 5.74) is 2.27. The second-order valence-electron chi connectivity index (χ2n) is 6.51. The van der Waals surface area contributed by atoms with E-state index in [0.29, 0.717) is 17.2 Å². The van der Waals surface area contributed by atoms with E-state index in [0.717, 1.165) is 55.9 Å². The number of nitrogens with zero attached hydrogens (tertiary/aromatic N) is 1. The van der Waals surface area contributed by atoms with Gasteiger partial charge in [0, 0.05) is 18.7 Å². The number of carbonyl (C=O) groups is 1. The molecule has 4 nitrogen and oxygen atoms in total. The van der Waals surface area contributed by atoms with Crippen molar-refractivity contribution in [1.82, 2.24) is 0 Å². The molecule has 1 aliphatic rings. The molecule has 1 amide bonds. The minimum Gasteiger partial charge on any atom is -0.494 e. The highest BCUT2D eigenvalue weighted by Gasteiger charge is 2.20. The van der Waals surface area contributed by atoms with E-state index in [4.69, 9.17) is 16.3 Å². The Morgan fingerprint density at radius 1 is 1.15 bits per heavy atom. The van der Waals surface area contributed by atoms with Crippen molar-refractivity contribution in [3.63, 3.8) is 0 Å². The Labute approximate surface area is 160 Å². The normalized spacial score (nSPS) is 13.7. The summed E-state index contributed by atoms with van der Waals surface area (Å²) < 4.78 is 5.65. The number of hydrogen-bond acceptors (Lipinski definition) is 3. The van der Waals surface area contributed by atoms with E-state index >= 15 is 0 Å². The fourth-order valence-electron chi connectivity index (χ4n) is 3.11. The van der Waals surface area contributed by atoms with Crippen LogP contribution in [0.15, 0.2) is 42.5 Å². The molecule has 1 fully saturated rings. The third kappa shape index (κ3) is 4.50. The van der Waals surface area contributed by atoms with Crippen LogP contribution in [0, 0.1) is 0 Å². The summed E-state index contributed by atoms with van der Waals surface area (Å²) in [7, 11) is 0. The van der Waals surface area contributed by atoms with E-state index in [9.17, 15) is 4.79 Å². The van der Waals surface area contributed by atoms with Crippen molar-refractivity contribution in [2.75, 3.05) is 29.9 Å². The van der Waals surface area contributed by atoms with Gasteiger partial charge in [-0.1, -0.05) is 31.0 Å². The van der Waals surface area contributed by atoms with E-state index in [-0.39, 0.29) is 5.91 Å². The minimum absolute atomic E-state index is 0.146. The molecule has 0 unspecified atom stereocenters. The predicted molar refractivity (Wildman–Crippen MR) is 108 cm³/mol. The molecule has 1 aliphatic heterocycles. The van der Waals surface area contributed by atoms with Gasteiger partial charge in [0.15, 0.2) is 0 Å². The van der Waals surface area contributed by atoms with Crippen LogP contribution in [0.1, 0.15) is 43.0 Å². The summed E-state index contributed by atoms with van der Waals surface area (Å²) >= 11 is 6.41. The molecule has 1 N–H and O–H groups in total. The number of anilines is 2. The number of amides is 1. The van der Waals surface area contributed by atoms with Crippen LogP contribution in [-0.2, 0) is 0 Å². The van der Waals surface area contributed by atoms with Crippen molar-refractivity contribution in [1.29, 1.82) is 0 Å². The van der Waals surface area contributed by atoms with Crippen LogP contribution in [0.3, 0.4) is 0 Å². The minimum atomic E-state index is -0.146. The zero-order valence-corrected chi connectivity index (χ0v) is 15.9. The number of nitrogens with one attached hydrogen (secondary N) is 1. The van der Waals surface area contributed by atoms with Gasteiger partial charge in [0.25, 0.3) is 5.91 Å². The van der Waals surface area contributed by atoms with Crippen LogP contribution >= 0.6 is 11.6 Å². The zero-order chi connectivity index (χ0) is 18.4. The predicted octanol–water partition coefficient (Wildman–Crippen LogP) is 5.37. The zero-order valence-electron chi connectivity index (χ0n) is 15.1. The van der Waals surface area contributed by atoms with Gasteiger partial charge >= 0.3 is 0 Å². The number of carbonyl (C=O) groups excluding carboxylic acids is 1. The molecule has 0 radical (unpaired) electrons. The van der Waals surface area contributed by atoms with Crippen LogP contribution in [0.25, 0.3) is 0 Å². The first kappa shape index (κ1) is 18.6. The van der Waals surface area contributed by atoms with E-state index in [1.807, 2.05) is 30.3 Å². The van der Waals surface area contributed by atoms with E-state index in [1.165, 1.54) is 0 Å². The quantitative estimate of drug-likeness (QED) is 0.664. The second-order valence-corrected chi connectivity index (χ2v) is 6.92. The maximum Gasteiger partial charge on any atom is 0.255 e. The lowest BCUT2D eigenvalue weighted by Gasteiger charge is -2.23. The lowest BCUT2D eigenvalue weighted by Crippen LogP contribution is -2.21. The Morgan fingerprint density at radius 3 is 2.58 bits per heavy atom. The maximum atomic E-state index is 12.7. The third-order valence-electron chi connectivity index (χ3n) is 4.54. The summed E-state index contributed by atoms with van der Waals surface area (Å²) in [6.07, 6.45) is 4.42. The molecule has 0 spiro atoms. The first-order valence-electron chi connectivity index (χ1n) is 9.26. The summed E-state index contributed by atoms with van der Waals surface area (Å²) in [5, 5.41) is 3.68. The number of rotatable bonds is 7. The molecular weight excluding hydrogens is 348 g/mol. The lowest BCUT2D eigenvalue weighted by molar-refractivity contribution is 0.102. The van der Waals surface area contributed by atoms with Crippen molar-refractivity contribution in [3.05, 3.63) is 53.1 Å². The summed E-state index contributed by atoms with van der Waals surface area (Å²) in [5.74, 6) is 0.642. The Hall–Kier alpha value is -2.20.